The average Bonchev–Trinajstić information content (AvgIpc) is 3.09. The van der Waals surface area contributed by atoms with Gasteiger partial charge in [0.2, 0.25) is 5.91 Å². The van der Waals surface area contributed by atoms with E-state index in [1.807, 2.05) is 18.2 Å². The zero-order valence-corrected chi connectivity index (χ0v) is 13.1. The van der Waals surface area contributed by atoms with Gasteiger partial charge < -0.3 is 10.4 Å². The highest BCUT2D eigenvalue weighted by Gasteiger charge is 2.51. The standard InChI is InChI=1S/C15H13ClN2O3S/c16-10-3-1-2-9(6-10)13-17-11(8-22-13)7-12(19)18-15(4-5-15)14(20)21/h1-3,6,8H,4-5,7H2,(H,18,19)(H,20,21). The van der Waals surface area contributed by atoms with E-state index in [0.717, 1.165) is 10.6 Å². The number of amides is 1. The van der Waals surface area contributed by atoms with Crippen molar-refractivity contribution in [3.8, 4) is 10.6 Å². The fourth-order valence-corrected chi connectivity index (χ4v) is 3.14. The molecule has 0 aliphatic heterocycles. The van der Waals surface area contributed by atoms with Crippen LogP contribution in [0.1, 0.15) is 18.5 Å². The number of nitrogens with one attached hydrogen (secondary N) is 1. The predicted molar refractivity (Wildman–Crippen MR) is 84.0 cm³/mol. The fourth-order valence-electron chi connectivity index (χ4n) is 2.14. The second-order valence-corrected chi connectivity index (χ2v) is 6.56. The van der Waals surface area contributed by atoms with E-state index in [1.54, 1.807) is 11.4 Å². The lowest BCUT2D eigenvalue weighted by Gasteiger charge is -2.11. The van der Waals surface area contributed by atoms with E-state index in [-0.39, 0.29) is 12.3 Å². The SMILES string of the molecule is O=C(Cc1csc(-c2cccc(Cl)c2)n1)NC1(C(=O)O)CC1. The number of carbonyl (C=O) groups is 2. The molecule has 1 fully saturated rings. The first kappa shape index (κ1) is 15.0. The Bertz CT molecular complexity index is 740. The van der Waals surface area contributed by atoms with Crippen LogP contribution in [0.2, 0.25) is 5.02 Å². The van der Waals surface area contributed by atoms with Crippen molar-refractivity contribution in [2.45, 2.75) is 24.8 Å². The number of hydrogen-bond acceptors (Lipinski definition) is 4. The van der Waals surface area contributed by atoms with E-state index in [0.29, 0.717) is 23.6 Å². The quantitative estimate of drug-likeness (QED) is 0.880. The summed E-state index contributed by atoms with van der Waals surface area (Å²) in [5.41, 5.74) is 0.468. The third kappa shape index (κ3) is 3.13. The van der Waals surface area contributed by atoms with E-state index in [2.05, 4.69) is 10.3 Å². The summed E-state index contributed by atoms with van der Waals surface area (Å²) in [4.78, 5) is 27.4. The number of rotatable bonds is 5. The number of carbonyl (C=O) groups excluding carboxylic acids is 1. The summed E-state index contributed by atoms with van der Waals surface area (Å²) in [6.07, 6.45) is 1.05. The van der Waals surface area contributed by atoms with Crippen LogP contribution in [0.15, 0.2) is 29.6 Å². The maximum atomic E-state index is 11.9. The van der Waals surface area contributed by atoms with Crippen LogP contribution >= 0.6 is 22.9 Å². The minimum absolute atomic E-state index is 0.0755. The molecule has 1 heterocycles. The Morgan fingerprint density at radius 3 is 2.82 bits per heavy atom. The summed E-state index contributed by atoms with van der Waals surface area (Å²) in [7, 11) is 0. The van der Waals surface area contributed by atoms with Gasteiger partial charge in [0.05, 0.1) is 12.1 Å². The average molecular weight is 337 g/mol. The molecule has 0 atom stereocenters. The Labute approximate surface area is 136 Å². The summed E-state index contributed by atoms with van der Waals surface area (Å²) in [6, 6.07) is 7.34. The molecule has 1 saturated carbocycles. The van der Waals surface area contributed by atoms with Crippen molar-refractivity contribution < 1.29 is 14.7 Å². The minimum atomic E-state index is -1.05. The number of carboxylic acids is 1. The molecule has 2 N–H and O–H groups in total. The molecule has 22 heavy (non-hydrogen) atoms. The van der Waals surface area contributed by atoms with Gasteiger partial charge in [0, 0.05) is 16.0 Å². The zero-order chi connectivity index (χ0) is 15.7. The maximum Gasteiger partial charge on any atom is 0.329 e. The molecule has 0 bridgehead atoms. The molecule has 1 aliphatic rings. The highest BCUT2D eigenvalue weighted by atomic mass is 35.5. The summed E-state index contributed by atoms with van der Waals surface area (Å²) in [5, 5.41) is 14.8. The van der Waals surface area contributed by atoms with Gasteiger partial charge in [0.15, 0.2) is 0 Å². The van der Waals surface area contributed by atoms with Gasteiger partial charge in [-0.05, 0) is 25.0 Å². The number of carboxylic acid groups (broad SMARTS) is 1. The highest BCUT2D eigenvalue weighted by Crippen LogP contribution is 2.35. The highest BCUT2D eigenvalue weighted by molar-refractivity contribution is 7.13. The Balaban J connectivity index is 1.67. The largest absolute Gasteiger partial charge is 0.480 e. The van der Waals surface area contributed by atoms with E-state index in [4.69, 9.17) is 16.7 Å². The third-order valence-corrected chi connectivity index (χ3v) is 4.68. The second-order valence-electron chi connectivity index (χ2n) is 5.27. The van der Waals surface area contributed by atoms with Crippen molar-refractivity contribution >= 4 is 34.8 Å². The molecule has 0 unspecified atom stereocenters. The van der Waals surface area contributed by atoms with Crippen molar-refractivity contribution in [3.05, 3.63) is 40.4 Å². The number of nitrogens with zero attached hydrogens (tertiary/aromatic N) is 1. The monoisotopic (exact) mass is 336 g/mol. The van der Waals surface area contributed by atoms with E-state index in [1.165, 1.54) is 11.3 Å². The van der Waals surface area contributed by atoms with Crippen molar-refractivity contribution in [1.82, 2.24) is 10.3 Å². The number of hydrogen-bond donors (Lipinski definition) is 2. The van der Waals surface area contributed by atoms with Crippen LogP contribution in [0, 0.1) is 0 Å². The molecule has 0 radical (unpaired) electrons. The number of thiazole rings is 1. The molecule has 1 aromatic heterocycles. The molecule has 1 aliphatic carbocycles. The van der Waals surface area contributed by atoms with Crippen LogP contribution < -0.4 is 5.32 Å². The Morgan fingerprint density at radius 1 is 1.41 bits per heavy atom. The molecule has 1 amide bonds. The Morgan fingerprint density at radius 2 is 2.18 bits per heavy atom. The summed E-state index contributed by atoms with van der Waals surface area (Å²) >= 11 is 7.38. The molecule has 3 rings (SSSR count). The summed E-state index contributed by atoms with van der Waals surface area (Å²) in [5.74, 6) is -1.29. The topological polar surface area (TPSA) is 79.3 Å². The van der Waals surface area contributed by atoms with E-state index >= 15 is 0 Å². The van der Waals surface area contributed by atoms with Crippen molar-refractivity contribution in [2.24, 2.45) is 0 Å². The first-order chi connectivity index (χ1) is 10.5. The number of aliphatic carboxylic acids is 1. The van der Waals surface area contributed by atoms with Gasteiger partial charge in [-0.3, -0.25) is 4.79 Å². The normalized spacial score (nSPS) is 15.3. The van der Waals surface area contributed by atoms with Gasteiger partial charge >= 0.3 is 5.97 Å². The molecule has 0 spiro atoms. The molecule has 0 saturated heterocycles. The predicted octanol–water partition coefficient (Wildman–Crippen LogP) is 2.74. The lowest BCUT2D eigenvalue weighted by molar-refractivity contribution is -0.143. The molecular formula is C15H13ClN2O3S. The van der Waals surface area contributed by atoms with Crippen molar-refractivity contribution in [3.63, 3.8) is 0 Å². The summed E-state index contributed by atoms with van der Waals surface area (Å²) < 4.78 is 0. The van der Waals surface area contributed by atoms with Gasteiger partial charge in [0.1, 0.15) is 10.5 Å². The van der Waals surface area contributed by atoms with Crippen LogP contribution in [-0.4, -0.2) is 27.5 Å². The van der Waals surface area contributed by atoms with Gasteiger partial charge in [-0.25, -0.2) is 9.78 Å². The third-order valence-electron chi connectivity index (χ3n) is 3.50. The fraction of sp³-hybridized carbons (Fsp3) is 0.267. The van der Waals surface area contributed by atoms with Gasteiger partial charge in [-0.15, -0.1) is 11.3 Å². The number of halogens is 1. The van der Waals surface area contributed by atoms with Gasteiger partial charge in [-0.2, -0.15) is 0 Å². The van der Waals surface area contributed by atoms with Crippen LogP contribution in [0.5, 0.6) is 0 Å². The molecule has 1 aromatic carbocycles. The lowest BCUT2D eigenvalue weighted by atomic mass is 10.2. The van der Waals surface area contributed by atoms with Crippen LogP contribution in [0.3, 0.4) is 0 Å². The molecule has 114 valence electrons. The smallest absolute Gasteiger partial charge is 0.329 e. The second kappa shape index (κ2) is 5.70. The van der Waals surface area contributed by atoms with Crippen LogP contribution in [0.25, 0.3) is 10.6 Å². The molecule has 5 nitrogen and oxygen atoms in total. The van der Waals surface area contributed by atoms with Gasteiger partial charge in [0.25, 0.3) is 0 Å². The minimum Gasteiger partial charge on any atom is -0.480 e. The Kier molecular flexibility index (Phi) is 3.88. The van der Waals surface area contributed by atoms with E-state index in [9.17, 15) is 9.59 Å². The summed E-state index contributed by atoms with van der Waals surface area (Å²) in [6.45, 7) is 0. The zero-order valence-electron chi connectivity index (χ0n) is 11.5. The Hall–Kier alpha value is -1.92. The lowest BCUT2D eigenvalue weighted by Crippen LogP contribution is -2.43. The van der Waals surface area contributed by atoms with Gasteiger partial charge in [-0.1, -0.05) is 23.7 Å². The molecular weight excluding hydrogens is 324 g/mol. The van der Waals surface area contributed by atoms with Crippen molar-refractivity contribution in [1.29, 1.82) is 0 Å². The first-order valence-electron chi connectivity index (χ1n) is 6.73. The van der Waals surface area contributed by atoms with Crippen molar-refractivity contribution in [2.75, 3.05) is 0 Å². The van der Waals surface area contributed by atoms with Crippen LogP contribution in [-0.2, 0) is 16.0 Å². The maximum absolute atomic E-state index is 11.9. The molecule has 2 aromatic rings. The van der Waals surface area contributed by atoms with E-state index < -0.39 is 11.5 Å². The first-order valence-corrected chi connectivity index (χ1v) is 7.99. The number of benzene rings is 1. The molecule has 7 heteroatoms. The number of aromatic nitrogens is 1. The van der Waals surface area contributed by atoms with Crippen LogP contribution in [0.4, 0.5) is 0 Å².